The van der Waals surface area contributed by atoms with Crippen LogP contribution in [0.15, 0.2) is 95.9 Å². The third-order valence-electron chi connectivity index (χ3n) is 5.99. The van der Waals surface area contributed by atoms with E-state index in [1.54, 1.807) is 0 Å². The summed E-state index contributed by atoms with van der Waals surface area (Å²) >= 11 is 1.51. The third-order valence-corrected chi connectivity index (χ3v) is 7.00. The van der Waals surface area contributed by atoms with Crippen LogP contribution in [-0.2, 0) is 6.42 Å². The molecule has 0 saturated carbocycles. The number of benzene rings is 4. The molecule has 33 heavy (non-hydrogen) atoms. The monoisotopic (exact) mass is 449 g/mol. The molecule has 4 aromatic carbocycles. The van der Waals surface area contributed by atoms with Crippen LogP contribution >= 0.6 is 11.8 Å². The molecule has 5 rings (SSSR count). The van der Waals surface area contributed by atoms with Crippen LogP contribution < -0.4 is 5.32 Å². The zero-order chi connectivity index (χ0) is 22.8. The second-order valence-electron chi connectivity index (χ2n) is 8.21. The second kappa shape index (κ2) is 9.08. The van der Waals surface area contributed by atoms with Gasteiger partial charge in [0.15, 0.2) is 5.78 Å². The maximum Gasteiger partial charge on any atom is 0.255 e. The summed E-state index contributed by atoms with van der Waals surface area (Å²) in [6.07, 6.45) is 0.884. The van der Waals surface area contributed by atoms with Crippen molar-refractivity contribution in [3.8, 4) is 11.1 Å². The minimum Gasteiger partial charge on any atom is -0.322 e. The van der Waals surface area contributed by atoms with Gasteiger partial charge >= 0.3 is 0 Å². The number of hydrogen-bond acceptors (Lipinski definition) is 3. The van der Waals surface area contributed by atoms with Gasteiger partial charge < -0.3 is 5.32 Å². The highest BCUT2D eigenvalue weighted by Gasteiger charge is 2.19. The minimum atomic E-state index is -0.123. The van der Waals surface area contributed by atoms with Gasteiger partial charge in [-0.25, -0.2) is 0 Å². The van der Waals surface area contributed by atoms with Crippen molar-refractivity contribution in [2.75, 3.05) is 11.1 Å². The number of amides is 1. The largest absolute Gasteiger partial charge is 0.322 e. The van der Waals surface area contributed by atoms with Gasteiger partial charge in [-0.15, -0.1) is 11.8 Å². The average Bonchev–Trinajstić information content (AvgIpc) is 3.21. The van der Waals surface area contributed by atoms with Crippen molar-refractivity contribution in [3.63, 3.8) is 0 Å². The molecule has 3 nitrogen and oxygen atoms in total. The van der Waals surface area contributed by atoms with Gasteiger partial charge in [-0.3, -0.25) is 9.59 Å². The Balaban J connectivity index is 1.20. The lowest BCUT2D eigenvalue weighted by molar-refractivity contribution is 0.101. The first-order valence-electron chi connectivity index (χ1n) is 10.9. The number of aryl methyl sites for hydroxylation is 1. The Labute approximate surface area is 197 Å². The maximum absolute atomic E-state index is 12.8. The van der Waals surface area contributed by atoms with Gasteiger partial charge in [0.1, 0.15) is 0 Å². The first kappa shape index (κ1) is 21.2. The Morgan fingerprint density at radius 3 is 2.36 bits per heavy atom. The molecule has 0 atom stereocenters. The third kappa shape index (κ3) is 4.48. The molecule has 0 bridgehead atoms. The molecule has 1 aliphatic rings. The standard InChI is InChI=1S/C29H23NO2S/c1-19-6-2-4-8-25(19)29(32)30-23-11-13-24(14-12-23)33-18-28(31)21-10-15-27-22(17-21)16-20-7-3-5-9-26(20)27/h2-15,17H,16,18H2,1H3,(H,30,32). The fourth-order valence-electron chi connectivity index (χ4n) is 4.21. The SMILES string of the molecule is Cc1ccccc1C(=O)Nc1ccc(SCC(=O)c2ccc3c(c2)Cc2ccccc2-3)cc1. The summed E-state index contributed by atoms with van der Waals surface area (Å²) in [7, 11) is 0. The Kier molecular flexibility index (Phi) is 5.84. The quantitative estimate of drug-likeness (QED) is 0.229. The highest BCUT2D eigenvalue weighted by molar-refractivity contribution is 8.00. The smallest absolute Gasteiger partial charge is 0.255 e. The number of anilines is 1. The fourth-order valence-corrected chi connectivity index (χ4v) is 5.00. The highest BCUT2D eigenvalue weighted by atomic mass is 32.2. The molecule has 4 heteroatoms. The van der Waals surface area contributed by atoms with Crippen LogP contribution in [0.1, 0.15) is 37.4 Å². The van der Waals surface area contributed by atoms with Crippen LogP contribution in [0.2, 0.25) is 0 Å². The van der Waals surface area contributed by atoms with Crippen molar-refractivity contribution in [1.29, 1.82) is 0 Å². The maximum atomic E-state index is 12.8. The molecule has 0 aromatic heterocycles. The molecule has 4 aromatic rings. The lowest BCUT2D eigenvalue weighted by atomic mass is 10.0. The van der Waals surface area contributed by atoms with E-state index in [2.05, 4.69) is 35.6 Å². The summed E-state index contributed by atoms with van der Waals surface area (Å²) in [5, 5.41) is 2.93. The topological polar surface area (TPSA) is 46.2 Å². The van der Waals surface area contributed by atoms with Gasteiger partial charge in [0, 0.05) is 21.7 Å². The lowest BCUT2D eigenvalue weighted by Gasteiger charge is -2.09. The molecule has 0 fully saturated rings. The summed E-state index contributed by atoms with van der Waals surface area (Å²) in [4.78, 5) is 26.3. The van der Waals surface area contributed by atoms with Crippen molar-refractivity contribution < 1.29 is 9.59 Å². The molecule has 1 N–H and O–H groups in total. The summed E-state index contributed by atoms with van der Waals surface area (Å²) in [6.45, 7) is 1.92. The van der Waals surface area contributed by atoms with Gasteiger partial charge in [-0.05, 0) is 77.6 Å². The molecule has 0 radical (unpaired) electrons. The van der Waals surface area contributed by atoms with E-state index >= 15 is 0 Å². The Bertz CT molecular complexity index is 1360. The predicted molar refractivity (Wildman–Crippen MR) is 135 cm³/mol. The first-order chi connectivity index (χ1) is 16.1. The number of Topliss-reactive ketones (excluding diaryl/α,β-unsaturated/α-hetero) is 1. The van der Waals surface area contributed by atoms with Crippen LogP contribution in [-0.4, -0.2) is 17.4 Å². The number of ketones is 1. The molecule has 0 aliphatic heterocycles. The number of carbonyl (C=O) groups excluding carboxylic acids is 2. The van der Waals surface area contributed by atoms with Crippen molar-refractivity contribution in [2.24, 2.45) is 0 Å². The molecule has 1 amide bonds. The van der Waals surface area contributed by atoms with Gasteiger partial charge in [0.05, 0.1) is 5.75 Å². The number of thioether (sulfide) groups is 1. The minimum absolute atomic E-state index is 0.121. The summed E-state index contributed by atoms with van der Waals surface area (Å²) < 4.78 is 0. The van der Waals surface area contributed by atoms with E-state index in [0.29, 0.717) is 11.3 Å². The normalized spacial score (nSPS) is 11.5. The Morgan fingerprint density at radius 1 is 0.818 bits per heavy atom. The molecule has 0 spiro atoms. The van der Waals surface area contributed by atoms with Crippen molar-refractivity contribution in [3.05, 3.63) is 119 Å². The van der Waals surface area contributed by atoms with Crippen LogP contribution in [0.3, 0.4) is 0 Å². The lowest BCUT2D eigenvalue weighted by Crippen LogP contribution is -2.13. The number of fused-ring (bicyclic) bond motifs is 3. The summed E-state index contributed by atoms with van der Waals surface area (Å²) in [5.74, 6) is 0.374. The fraction of sp³-hybridized carbons (Fsp3) is 0.103. The number of hydrogen-bond donors (Lipinski definition) is 1. The number of carbonyl (C=O) groups is 2. The number of nitrogens with one attached hydrogen (secondary N) is 1. The van der Waals surface area contributed by atoms with Gasteiger partial charge in [0.25, 0.3) is 5.91 Å². The molecule has 0 heterocycles. The van der Waals surface area contributed by atoms with Crippen LogP contribution in [0.4, 0.5) is 5.69 Å². The van der Waals surface area contributed by atoms with E-state index in [4.69, 9.17) is 0 Å². The van der Waals surface area contributed by atoms with Crippen LogP contribution in [0.5, 0.6) is 0 Å². The molecular formula is C29H23NO2S. The van der Waals surface area contributed by atoms with Gasteiger partial charge in [0.2, 0.25) is 0 Å². The highest BCUT2D eigenvalue weighted by Crippen LogP contribution is 2.37. The Hall–Kier alpha value is -3.63. The Morgan fingerprint density at radius 2 is 1.55 bits per heavy atom. The summed E-state index contributed by atoms with van der Waals surface area (Å²) in [6, 6.07) is 29.6. The molecule has 1 aliphatic carbocycles. The van der Waals surface area contributed by atoms with Gasteiger partial charge in [-0.1, -0.05) is 54.6 Å². The van der Waals surface area contributed by atoms with Crippen LogP contribution in [0.25, 0.3) is 11.1 Å². The van der Waals surface area contributed by atoms with Crippen molar-refractivity contribution in [1.82, 2.24) is 0 Å². The second-order valence-corrected chi connectivity index (χ2v) is 9.26. The zero-order valence-corrected chi connectivity index (χ0v) is 19.1. The van der Waals surface area contributed by atoms with Crippen LogP contribution in [0, 0.1) is 6.92 Å². The van der Waals surface area contributed by atoms with E-state index in [1.807, 2.05) is 67.6 Å². The average molecular weight is 450 g/mol. The van der Waals surface area contributed by atoms with E-state index in [9.17, 15) is 9.59 Å². The first-order valence-corrected chi connectivity index (χ1v) is 11.9. The molecule has 0 unspecified atom stereocenters. The van der Waals surface area contributed by atoms with Crippen molar-refractivity contribution >= 4 is 29.1 Å². The predicted octanol–water partition coefficient (Wildman–Crippen LogP) is 6.79. The molecule has 162 valence electrons. The van der Waals surface area contributed by atoms with E-state index in [0.717, 1.165) is 28.1 Å². The number of rotatable bonds is 6. The van der Waals surface area contributed by atoms with Gasteiger partial charge in [-0.2, -0.15) is 0 Å². The van der Waals surface area contributed by atoms with E-state index in [-0.39, 0.29) is 11.7 Å². The zero-order valence-electron chi connectivity index (χ0n) is 18.3. The van der Waals surface area contributed by atoms with Crippen molar-refractivity contribution in [2.45, 2.75) is 18.2 Å². The molecule has 0 saturated heterocycles. The van der Waals surface area contributed by atoms with E-state index < -0.39 is 0 Å². The summed E-state index contributed by atoms with van der Waals surface area (Å²) in [5.41, 5.74) is 8.15. The molecular weight excluding hydrogens is 426 g/mol. The van der Waals surface area contributed by atoms with E-state index in [1.165, 1.54) is 34.0 Å².